The molecule has 1 fully saturated rings. The third-order valence-electron chi connectivity index (χ3n) is 6.17. The van der Waals surface area contributed by atoms with Gasteiger partial charge in [-0.1, -0.05) is 12.1 Å². The Labute approximate surface area is 165 Å². The van der Waals surface area contributed by atoms with E-state index in [1.54, 1.807) is 0 Å². The molecule has 3 aromatic rings. The second-order valence-electron chi connectivity index (χ2n) is 8.03. The Morgan fingerprint density at radius 2 is 2.11 bits per heavy atom. The first kappa shape index (κ1) is 17.6. The van der Waals surface area contributed by atoms with Gasteiger partial charge in [0.15, 0.2) is 0 Å². The third-order valence-corrected chi connectivity index (χ3v) is 6.17. The van der Waals surface area contributed by atoms with E-state index >= 15 is 0 Å². The van der Waals surface area contributed by atoms with Crippen molar-refractivity contribution in [3.63, 3.8) is 0 Å². The molecule has 146 valence electrons. The molecule has 6 nitrogen and oxygen atoms in total. The normalized spacial score (nSPS) is 19.8. The Morgan fingerprint density at radius 1 is 1.25 bits per heavy atom. The van der Waals surface area contributed by atoms with E-state index in [4.69, 9.17) is 15.7 Å². The number of nitrogens with one attached hydrogen (secondary N) is 1. The van der Waals surface area contributed by atoms with Crippen molar-refractivity contribution in [3.05, 3.63) is 53.1 Å². The van der Waals surface area contributed by atoms with Crippen molar-refractivity contribution >= 4 is 16.7 Å². The van der Waals surface area contributed by atoms with Crippen molar-refractivity contribution in [2.24, 2.45) is 12.8 Å². The third kappa shape index (κ3) is 3.06. The number of nitrogens with two attached hydrogens (primary N) is 1. The Kier molecular flexibility index (Phi) is 4.53. The number of benzene rings is 1. The molecule has 0 bridgehead atoms. The summed E-state index contributed by atoms with van der Waals surface area (Å²) in [6, 6.07) is 8.90. The number of rotatable bonds is 3. The van der Waals surface area contributed by atoms with Crippen LogP contribution in [0.3, 0.4) is 0 Å². The van der Waals surface area contributed by atoms with E-state index in [1.165, 1.54) is 22.3 Å². The predicted octanol–water partition coefficient (Wildman–Crippen LogP) is 2.30. The highest BCUT2D eigenvalue weighted by Gasteiger charge is 2.20. The van der Waals surface area contributed by atoms with Gasteiger partial charge in [-0.3, -0.25) is 4.98 Å². The van der Waals surface area contributed by atoms with Crippen molar-refractivity contribution < 1.29 is 0 Å². The maximum Gasteiger partial charge on any atom is 0.114 e. The number of hydrogen-bond acceptors (Lipinski definition) is 5. The standard InChI is InChI=1S/C22H28N6/c1-27-18-6-3-7-19(28-10-8-24-9-11-28)22(18)26-20(27)13-15-12-16-4-2-5-17(23)21(16)25-14-15/h3,6-7,12,14,17,24H,2,4-5,8-11,13,23H2,1H3. The van der Waals surface area contributed by atoms with Gasteiger partial charge in [0.1, 0.15) is 11.3 Å². The summed E-state index contributed by atoms with van der Waals surface area (Å²) in [7, 11) is 2.12. The summed E-state index contributed by atoms with van der Waals surface area (Å²) in [5.74, 6) is 1.08. The molecule has 0 amide bonds. The second-order valence-corrected chi connectivity index (χ2v) is 8.03. The number of para-hydroxylation sites is 1. The molecule has 1 aliphatic carbocycles. The van der Waals surface area contributed by atoms with Crippen LogP contribution in [-0.4, -0.2) is 40.7 Å². The molecule has 1 atom stereocenters. The smallest absolute Gasteiger partial charge is 0.114 e. The molecular formula is C22H28N6. The molecular weight excluding hydrogens is 348 g/mol. The van der Waals surface area contributed by atoms with E-state index in [9.17, 15) is 0 Å². The van der Waals surface area contributed by atoms with Gasteiger partial charge in [-0.05, 0) is 42.5 Å². The van der Waals surface area contributed by atoms with Crippen LogP contribution in [0.15, 0.2) is 30.5 Å². The van der Waals surface area contributed by atoms with Crippen LogP contribution in [0, 0.1) is 0 Å². The van der Waals surface area contributed by atoms with Crippen molar-refractivity contribution in [1.29, 1.82) is 0 Å². The Balaban J connectivity index is 1.49. The zero-order valence-corrected chi connectivity index (χ0v) is 16.5. The number of pyridine rings is 1. The quantitative estimate of drug-likeness (QED) is 0.734. The fraction of sp³-hybridized carbons (Fsp3) is 0.455. The summed E-state index contributed by atoms with van der Waals surface area (Å²) in [6.07, 6.45) is 6.06. The molecule has 6 heteroatoms. The fourth-order valence-electron chi connectivity index (χ4n) is 4.60. The molecule has 5 rings (SSSR count). The molecule has 1 aromatic carbocycles. The van der Waals surface area contributed by atoms with E-state index in [1.807, 2.05) is 6.20 Å². The van der Waals surface area contributed by atoms with Gasteiger partial charge >= 0.3 is 0 Å². The van der Waals surface area contributed by atoms with Crippen LogP contribution in [-0.2, 0) is 19.9 Å². The highest BCUT2D eigenvalue weighted by Crippen LogP contribution is 2.29. The summed E-state index contributed by atoms with van der Waals surface area (Å²) in [5.41, 5.74) is 13.4. The molecule has 0 saturated carbocycles. The van der Waals surface area contributed by atoms with Crippen LogP contribution in [0.25, 0.3) is 11.0 Å². The summed E-state index contributed by atoms with van der Waals surface area (Å²) in [5, 5.41) is 3.43. The van der Waals surface area contributed by atoms with E-state index in [-0.39, 0.29) is 6.04 Å². The van der Waals surface area contributed by atoms with Crippen LogP contribution in [0.1, 0.15) is 41.5 Å². The molecule has 3 heterocycles. The predicted molar refractivity (Wildman–Crippen MR) is 113 cm³/mol. The van der Waals surface area contributed by atoms with E-state index in [2.05, 4.69) is 46.1 Å². The lowest BCUT2D eigenvalue weighted by Crippen LogP contribution is -2.43. The molecule has 2 aliphatic rings. The lowest BCUT2D eigenvalue weighted by atomic mass is 9.91. The Hall–Kier alpha value is -2.44. The number of nitrogens with zero attached hydrogens (tertiary/aromatic N) is 4. The Morgan fingerprint density at radius 3 is 2.96 bits per heavy atom. The first-order valence-electron chi connectivity index (χ1n) is 10.3. The molecule has 3 N–H and O–H groups in total. The summed E-state index contributed by atoms with van der Waals surface area (Å²) < 4.78 is 2.23. The summed E-state index contributed by atoms with van der Waals surface area (Å²) >= 11 is 0. The van der Waals surface area contributed by atoms with Crippen LogP contribution in [0.4, 0.5) is 5.69 Å². The van der Waals surface area contributed by atoms with Gasteiger partial charge in [0.2, 0.25) is 0 Å². The van der Waals surface area contributed by atoms with Crippen LogP contribution < -0.4 is 16.0 Å². The largest absolute Gasteiger partial charge is 0.367 e. The van der Waals surface area contributed by atoms with E-state index < -0.39 is 0 Å². The first-order valence-corrected chi connectivity index (χ1v) is 10.3. The van der Waals surface area contributed by atoms with Crippen molar-refractivity contribution in [2.45, 2.75) is 31.7 Å². The van der Waals surface area contributed by atoms with Crippen molar-refractivity contribution in [1.82, 2.24) is 19.9 Å². The van der Waals surface area contributed by atoms with Gasteiger partial charge in [-0.15, -0.1) is 0 Å². The molecule has 1 aliphatic heterocycles. The summed E-state index contributed by atoms with van der Waals surface area (Å²) in [4.78, 5) is 12.2. The van der Waals surface area contributed by atoms with Crippen molar-refractivity contribution in [3.8, 4) is 0 Å². The van der Waals surface area contributed by atoms with Gasteiger partial charge in [0.25, 0.3) is 0 Å². The van der Waals surface area contributed by atoms with Crippen LogP contribution >= 0.6 is 0 Å². The first-order chi connectivity index (χ1) is 13.7. The number of fused-ring (bicyclic) bond motifs is 2. The number of piperazine rings is 1. The molecule has 28 heavy (non-hydrogen) atoms. The maximum atomic E-state index is 6.22. The number of aryl methyl sites for hydroxylation is 2. The van der Waals surface area contributed by atoms with Crippen LogP contribution in [0.2, 0.25) is 0 Å². The molecule has 1 unspecified atom stereocenters. The molecule has 0 radical (unpaired) electrons. The minimum absolute atomic E-state index is 0.0927. The minimum Gasteiger partial charge on any atom is -0.367 e. The van der Waals surface area contributed by atoms with Crippen LogP contribution in [0.5, 0.6) is 0 Å². The highest BCUT2D eigenvalue weighted by atomic mass is 15.2. The molecule has 2 aromatic heterocycles. The van der Waals surface area contributed by atoms with Gasteiger partial charge < -0.3 is 20.5 Å². The Bertz CT molecular complexity index is 1000. The van der Waals surface area contributed by atoms with E-state index in [0.717, 1.165) is 68.9 Å². The lowest BCUT2D eigenvalue weighted by Gasteiger charge is -2.29. The number of aromatic nitrogens is 3. The monoisotopic (exact) mass is 376 g/mol. The molecule has 1 saturated heterocycles. The topological polar surface area (TPSA) is 72.0 Å². The average molecular weight is 377 g/mol. The number of anilines is 1. The van der Waals surface area contributed by atoms with Crippen molar-refractivity contribution in [2.75, 3.05) is 31.1 Å². The average Bonchev–Trinajstić information content (AvgIpc) is 3.04. The highest BCUT2D eigenvalue weighted by molar-refractivity contribution is 5.89. The van der Waals surface area contributed by atoms with Gasteiger partial charge in [0.05, 0.1) is 16.9 Å². The zero-order chi connectivity index (χ0) is 19.1. The fourth-order valence-corrected chi connectivity index (χ4v) is 4.60. The SMILES string of the molecule is Cn1c(Cc2cnc3c(c2)CCCC3N)nc2c(N3CCNCC3)cccc21. The maximum absolute atomic E-state index is 6.22. The zero-order valence-electron chi connectivity index (χ0n) is 16.5. The van der Waals surface area contributed by atoms with E-state index in [0.29, 0.717) is 0 Å². The summed E-state index contributed by atoms with van der Waals surface area (Å²) in [6.45, 7) is 4.11. The minimum atomic E-state index is 0.0927. The number of imidazole rings is 1. The molecule has 0 spiro atoms. The second kappa shape index (κ2) is 7.18. The van der Waals surface area contributed by atoms with Gasteiger partial charge in [0, 0.05) is 51.9 Å². The number of hydrogen-bond donors (Lipinski definition) is 2. The lowest BCUT2D eigenvalue weighted by molar-refractivity contribution is 0.553. The van der Waals surface area contributed by atoms with Gasteiger partial charge in [-0.2, -0.15) is 0 Å². The van der Waals surface area contributed by atoms with Gasteiger partial charge in [-0.25, -0.2) is 4.98 Å².